The number of furan rings is 1. The number of imide groups is 1. The van der Waals surface area contributed by atoms with Crippen LogP contribution in [0.1, 0.15) is 53.3 Å². The van der Waals surface area contributed by atoms with Crippen LogP contribution < -0.4 is 5.32 Å². The number of amides is 3. The normalized spacial score (nSPS) is 15.7. The summed E-state index contributed by atoms with van der Waals surface area (Å²) in [5, 5.41) is 3.85. The van der Waals surface area contributed by atoms with Crippen molar-refractivity contribution in [3.63, 3.8) is 0 Å². The van der Waals surface area contributed by atoms with Crippen molar-refractivity contribution < 1.29 is 18.8 Å². The fraction of sp³-hybridized carbons (Fsp3) is 0.261. The Labute approximate surface area is 168 Å². The summed E-state index contributed by atoms with van der Waals surface area (Å²) in [6, 6.07) is 14.8. The predicted octanol–water partition coefficient (Wildman–Crippen LogP) is 3.93. The zero-order valence-electron chi connectivity index (χ0n) is 16.5. The Kier molecular flexibility index (Phi) is 4.70. The third-order valence-corrected chi connectivity index (χ3v) is 5.23. The fourth-order valence-corrected chi connectivity index (χ4v) is 3.76. The minimum atomic E-state index is -0.908. The highest BCUT2D eigenvalue weighted by atomic mass is 16.3. The number of rotatable bonds is 5. The van der Waals surface area contributed by atoms with Crippen molar-refractivity contribution in [3.8, 4) is 0 Å². The maximum Gasteiger partial charge on any atom is 0.262 e. The second kappa shape index (κ2) is 7.20. The lowest BCUT2D eigenvalue weighted by Gasteiger charge is -2.29. The number of nitrogens with zero attached hydrogens (tertiary/aromatic N) is 1. The quantitative estimate of drug-likeness (QED) is 0.670. The summed E-state index contributed by atoms with van der Waals surface area (Å²) < 4.78 is 5.83. The van der Waals surface area contributed by atoms with Gasteiger partial charge in [0.1, 0.15) is 17.4 Å². The molecule has 0 bridgehead atoms. The second-order valence-electron chi connectivity index (χ2n) is 7.63. The van der Waals surface area contributed by atoms with Crippen LogP contribution in [0.3, 0.4) is 0 Å². The second-order valence-corrected chi connectivity index (χ2v) is 7.63. The van der Waals surface area contributed by atoms with E-state index in [2.05, 4.69) is 5.32 Å². The van der Waals surface area contributed by atoms with Gasteiger partial charge in [-0.15, -0.1) is 0 Å². The number of hydrogen-bond acceptors (Lipinski definition) is 4. The third-order valence-electron chi connectivity index (χ3n) is 5.23. The van der Waals surface area contributed by atoms with E-state index in [1.807, 2.05) is 51.1 Å². The Morgan fingerprint density at radius 2 is 1.52 bits per heavy atom. The molecule has 6 nitrogen and oxygen atoms in total. The van der Waals surface area contributed by atoms with E-state index in [1.54, 1.807) is 24.3 Å². The van der Waals surface area contributed by atoms with E-state index >= 15 is 0 Å². The molecule has 6 heteroatoms. The summed E-state index contributed by atoms with van der Waals surface area (Å²) >= 11 is 0. The first kappa shape index (κ1) is 18.9. The van der Waals surface area contributed by atoms with Crippen molar-refractivity contribution in [2.75, 3.05) is 0 Å². The Balaban J connectivity index is 1.58. The van der Waals surface area contributed by atoms with Crippen LogP contribution in [0.15, 0.2) is 59.0 Å². The largest absolute Gasteiger partial charge is 0.459 e. The van der Waals surface area contributed by atoms with Gasteiger partial charge in [-0.2, -0.15) is 0 Å². The van der Waals surface area contributed by atoms with Crippen LogP contribution in [0.2, 0.25) is 0 Å². The van der Waals surface area contributed by atoms with E-state index in [0.717, 1.165) is 15.9 Å². The summed E-state index contributed by atoms with van der Waals surface area (Å²) in [6.07, 6.45) is 0. The van der Waals surface area contributed by atoms with Gasteiger partial charge in [0, 0.05) is 5.39 Å². The number of carbonyl (C=O) groups is 3. The molecule has 1 aliphatic rings. The average Bonchev–Trinajstić information content (AvgIpc) is 3.24. The van der Waals surface area contributed by atoms with E-state index in [9.17, 15) is 14.4 Å². The number of hydrogen-bond donors (Lipinski definition) is 1. The maximum atomic E-state index is 13.1. The molecule has 148 valence electrons. The lowest BCUT2D eigenvalue weighted by Crippen LogP contribution is -2.52. The summed E-state index contributed by atoms with van der Waals surface area (Å²) in [5.41, 5.74) is 1.41. The molecule has 2 aromatic carbocycles. The highest BCUT2D eigenvalue weighted by Crippen LogP contribution is 2.28. The monoisotopic (exact) mass is 390 g/mol. The van der Waals surface area contributed by atoms with Gasteiger partial charge in [0.05, 0.1) is 17.2 Å². The van der Waals surface area contributed by atoms with Crippen LogP contribution in [0.4, 0.5) is 0 Å². The number of fused-ring (bicyclic) bond motifs is 2. The third kappa shape index (κ3) is 3.20. The van der Waals surface area contributed by atoms with Crippen LogP contribution in [0.25, 0.3) is 11.0 Å². The van der Waals surface area contributed by atoms with Gasteiger partial charge >= 0.3 is 0 Å². The molecular formula is C23H22N2O4. The average molecular weight is 390 g/mol. The molecular weight excluding hydrogens is 368 g/mol. The van der Waals surface area contributed by atoms with E-state index in [-0.39, 0.29) is 11.8 Å². The Bertz CT molecular complexity index is 1050. The topological polar surface area (TPSA) is 79.6 Å². The first-order chi connectivity index (χ1) is 13.9. The molecule has 2 unspecified atom stereocenters. The molecule has 0 spiro atoms. The van der Waals surface area contributed by atoms with Crippen LogP contribution in [0, 0.1) is 5.92 Å². The van der Waals surface area contributed by atoms with Crippen molar-refractivity contribution in [2.24, 2.45) is 5.92 Å². The van der Waals surface area contributed by atoms with Gasteiger partial charge in [0.2, 0.25) is 5.91 Å². The molecule has 3 amide bonds. The van der Waals surface area contributed by atoms with E-state index in [0.29, 0.717) is 16.9 Å². The van der Waals surface area contributed by atoms with E-state index in [4.69, 9.17) is 4.42 Å². The van der Waals surface area contributed by atoms with Gasteiger partial charge in [-0.3, -0.25) is 19.3 Å². The van der Waals surface area contributed by atoms with Crippen molar-refractivity contribution in [3.05, 3.63) is 71.5 Å². The Hall–Kier alpha value is -3.41. The summed E-state index contributed by atoms with van der Waals surface area (Å²) in [4.78, 5) is 39.9. The molecule has 2 heterocycles. The molecule has 29 heavy (non-hydrogen) atoms. The van der Waals surface area contributed by atoms with Crippen molar-refractivity contribution in [1.82, 2.24) is 10.2 Å². The number of benzene rings is 2. The molecule has 0 fully saturated rings. The standard InChI is InChI=1S/C23H22N2O4/c1-13(2)20(25-22(27)16-9-5-6-10-17(16)23(25)28)21(26)24-14(3)19-12-15-8-4-7-11-18(15)29-19/h4-14,20H,1-3H3,(H,24,26). The smallest absolute Gasteiger partial charge is 0.262 e. The van der Waals surface area contributed by atoms with E-state index < -0.39 is 23.9 Å². The zero-order valence-corrected chi connectivity index (χ0v) is 16.5. The van der Waals surface area contributed by atoms with Crippen LogP contribution in [-0.2, 0) is 4.79 Å². The van der Waals surface area contributed by atoms with E-state index in [1.165, 1.54) is 0 Å². The minimum Gasteiger partial charge on any atom is -0.459 e. The first-order valence-electron chi connectivity index (χ1n) is 9.64. The predicted molar refractivity (Wildman–Crippen MR) is 108 cm³/mol. The fourth-order valence-electron chi connectivity index (χ4n) is 3.76. The minimum absolute atomic E-state index is 0.250. The number of carbonyl (C=O) groups excluding carboxylic acids is 3. The molecule has 1 aromatic heterocycles. The number of para-hydroxylation sites is 1. The summed E-state index contributed by atoms with van der Waals surface area (Å²) in [7, 11) is 0. The van der Waals surface area contributed by atoms with Gasteiger partial charge in [-0.25, -0.2) is 0 Å². The van der Waals surface area contributed by atoms with Gasteiger partial charge in [-0.1, -0.05) is 44.2 Å². The first-order valence-corrected chi connectivity index (χ1v) is 9.64. The highest BCUT2D eigenvalue weighted by molar-refractivity contribution is 6.22. The molecule has 0 radical (unpaired) electrons. The van der Waals surface area contributed by atoms with Gasteiger partial charge in [-0.05, 0) is 37.1 Å². The Morgan fingerprint density at radius 1 is 0.931 bits per heavy atom. The molecule has 0 aliphatic carbocycles. The summed E-state index contributed by atoms with van der Waals surface area (Å²) in [6.45, 7) is 5.45. The van der Waals surface area contributed by atoms with Crippen molar-refractivity contribution in [1.29, 1.82) is 0 Å². The lowest BCUT2D eigenvalue weighted by molar-refractivity contribution is -0.127. The molecule has 1 aliphatic heterocycles. The molecule has 3 aromatic rings. The Morgan fingerprint density at radius 3 is 2.10 bits per heavy atom. The molecule has 0 saturated heterocycles. The van der Waals surface area contributed by atoms with Gasteiger partial charge in [0.25, 0.3) is 11.8 Å². The van der Waals surface area contributed by atoms with Gasteiger partial charge < -0.3 is 9.73 Å². The lowest BCUT2D eigenvalue weighted by atomic mass is 10.0. The summed E-state index contributed by atoms with van der Waals surface area (Å²) in [5.74, 6) is -0.890. The zero-order chi connectivity index (χ0) is 20.7. The molecule has 4 rings (SSSR count). The molecule has 0 saturated carbocycles. The van der Waals surface area contributed by atoms with Gasteiger partial charge in [0.15, 0.2) is 0 Å². The van der Waals surface area contributed by atoms with Crippen LogP contribution in [0.5, 0.6) is 0 Å². The van der Waals surface area contributed by atoms with Crippen LogP contribution in [-0.4, -0.2) is 28.7 Å². The number of nitrogens with one attached hydrogen (secondary N) is 1. The maximum absolute atomic E-state index is 13.1. The van der Waals surface area contributed by atoms with Crippen LogP contribution >= 0.6 is 0 Å². The molecule has 2 atom stereocenters. The molecule has 1 N–H and O–H groups in total. The van der Waals surface area contributed by atoms with Crippen molar-refractivity contribution >= 4 is 28.7 Å². The SMILES string of the molecule is CC(NC(=O)C(C(C)C)N1C(=O)c2ccccc2C1=O)c1cc2ccccc2o1. The highest BCUT2D eigenvalue weighted by Gasteiger charge is 2.44. The van der Waals surface area contributed by atoms with Crippen molar-refractivity contribution in [2.45, 2.75) is 32.9 Å².